The molecule has 1 N–H and O–H groups in total. The van der Waals surface area contributed by atoms with Crippen molar-refractivity contribution < 1.29 is 4.42 Å². The number of hydrogen-bond acceptors (Lipinski definition) is 3. The van der Waals surface area contributed by atoms with E-state index in [-0.39, 0.29) is 0 Å². The molecule has 90 valence electrons. The molecule has 0 bridgehead atoms. The van der Waals surface area contributed by atoms with Crippen molar-refractivity contribution in [1.29, 1.82) is 0 Å². The minimum atomic E-state index is 0.650. The lowest BCUT2D eigenvalue weighted by atomic mass is 10.2. The molecule has 0 atom stereocenters. The standard InChI is InChI=1S/C13H15BrN2O/c14-9-5-6-12-11(7-9)16-13(17-12)8-15-10-3-1-2-4-10/h5-7,10,15H,1-4,8H2. The van der Waals surface area contributed by atoms with E-state index < -0.39 is 0 Å². The third kappa shape index (κ3) is 2.53. The van der Waals surface area contributed by atoms with Gasteiger partial charge in [0.25, 0.3) is 0 Å². The lowest BCUT2D eigenvalue weighted by molar-refractivity contribution is 0.450. The summed E-state index contributed by atoms with van der Waals surface area (Å²) in [5.41, 5.74) is 1.78. The molecule has 17 heavy (non-hydrogen) atoms. The van der Waals surface area contributed by atoms with Gasteiger partial charge in [-0.15, -0.1) is 0 Å². The zero-order chi connectivity index (χ0) is 11.7. The summed E-state index contributed by atoms with van der Waals surface area (Å²) in [5.74, 6) is 0.782. The van der Waals surface area contributed by atoms with E-state index in [1.165, 1.54) is 25.7 Å². The second-order valence-electron chi connectivity index (χ2n) is 4.58. The van der Waals surface area contributed by atoms with E-state index in [0.29, 0.717) is 6.04 Å². The van der Waals surface area contributed by atoms with Crippen LogP contribution in [0.4, 0.5) is 0 Å². The predicted octanol–water partition coefficient (Wildman–Crippen LogP) is 3.62. The predicted molar refractivity (Wildman–Crippen MR) is 70.8 cm³/mol. The van der Waals surface area contributed by atoms with Gasteiger partial charge in [0.2, 0.25) is 5.89 Å². The van der Waals surface area contributed by atoms with Gasteiger partial charge in [-0.2, -0.15) is 0 Å². The Balaban J connectivity index is 1.72. The fourth-order valence-corrected chi connectivity index (χ4v) is 2.73. The zero-order valence-electron chi connectivity index (χ0n) is 9.58. The van der Waals surface area contributed by atoms with Crippen LogP contribution in [0.25, 0.3) is 11.1 Å². The largest absolute Gasteiger partial charge is 0.439 e. The SMILES string of the molecule is Brc1ccc2oc(CNC3CCCC3)nc2c1. The molecule has 3 rings (SSSR count). The minimum absolute atomic E-state index is 0.650. The molecule has 3 nitrogen and oxygen atoms in total. The summed E-state index contributed by atoms with van der Waals surface area (Å²) in [7, 11) is 0. The van der Waals surface area contributed by atoms with Gasteiger partial charge in [-0.1, -0.05) is 28.8 Å². The summed E-state index contributed by atoms with van der Waals surface area (Å²) in [4.78, 5) is 4.48. The van der Waals surface area contributed by atoms with E-state index >= 15 is 0 Å². The van der Waals surface area contributed by atoms with Gasteiger partial charge < -0.3 is 9.73 Å². The van der Waals surface area contributed by atoms with Gasteiger partial charge in [0.05, 0.1) is 6.54 Å². The number of fused-ring (bicyclic) bond motifs is 1. The summed E-state index contributed by atoms with van der Waals surface area (Å²) in [6, 6.07) is 6.56. The highest BCUT2D eigenvalue weighted by Crippen LogP contribution is 2.21. The number of aromatic nitrogens is 1. The molecular weight excluding hydrogens is 280 g/mol. The second kappa shape index (κ2) is 4.78. The fourth-order valence-electron chi connectivity index (χ4n) is 2.39. The van der Waals surface area contributed by atoms with Crippen molar-refractivity contribution in [2.75, 3.05) is 0 Å². The third-order valence-corrected chi connectivity index (χ3v) is 3.78. The molecule has 1 aliphatic rings. The molecule has 1 saturated carbocycles. The van der Waals surface area contributed by atoms with Crippen molar-refractivity contribution in [2.45, 2.75) is 38.3 Å². The quantitative estimate of drug-likeness (QED) is 0.939. The van der Waals surface area contributed by atoms with Crippen LogP contribution in [0, 0.1) is 0 Å². The summed E-state index contributed by atoms with van der Waals surface area (Å²) < 4.78 is 6.72. The first-order valence-corrected chi connectivity index (χ1v) is 6.89. The summed E-state index contributed by atoms with van der Waals surface area (Å²) in [6.07, 6.45) is 5.26. The number of nitrogens with one attached hydrogen (secondary N) is 1. The van der Waals surface area contributed by atoms with E-state index in [9.17, 15) is 0 Å². The molecule has 2 aromatic rings. The Morgan fingerprint density at radius 3 is 3.00 bits per heavy atom. The summed E-state index contributed by atoms with van der Waals surface area (Å²) in [6.45, 7) is 0.733. The number of halogens is 1. The van der Waals surface area contributed by atoms with Crippen LogP contribution in [-0.2, 0) is 6.54 Å². The second-order valence-corrected chi connectivity index (χ2v) is 5.50. The van der Waals surface area contributed by atoms with Crippen molar-refractivity contribution in [3.63, 3.8) is 0 Å². The number of hydrogen-bond donors (Lipinski definition) is 1. The van der Waals surface area contributed by atoms with Gasteiger partial charge in [-0.3, -0.25) is 0 Å². The molecular formula is C13H15BrN2O. The van der Waals surface area contributed by atoms with Gasteiger partial charge in [0.1, 0.15) is 5.52 Å². The first-order valence-electron chi connectivity index (χ1n) is 6.09. The van der Waals surface area contributed by atoms with Crippen LogP contribution in [0.2, 0.25) is 0 Å². The van der Waals surface area contributed by atoms with Gasteiger partial charge in [-0.25, -0.2) is 4.98 Å². The van der Waals surface area contributed by atoms with E-state index in [2.05, 4.69) is 26.2 Å². The Bertz CT molecular complexity index is 517. The highest BCUT2D eigenvalue weighted by Gasteiger charge is 2.15. The normalized spacial score (nSPS) is 17.0. The first-order chi connectivity index (χ1) is 8.31. The molecule has 1 heterocycles. The van der Waals surface area contributed by atoms with Crippen LogP contribution >= 0.6 is 15.9 Å². The van der Waals surface area contributed by atoms with Gasteiger partial charge in [0, 0.05) is 10.5 Å². The topological polar surface area (TPSA) is 38.1 Å². The molecule has 1 aliphatic carbocycles. The molecule has 1 fully saturated rings. The monoisotopic (exact) mass is 294 g/mol. The highest BCUT2D eigenvalue weighted by molar-refractivity contribution is 9.10. The van der Waals surface area contributed by atoms with Gasteiger partial charge >= 0.3 is 0 Å². The van der Waals surface area contributed by atoms with E-state index in [1.54, 1.807) is 0 Å². The number of benzene rings is 1. The fraction of sp³-hybridized carbons (Fsp3) is 0.462. The number of nitrogens with zero attached hydrogens (tertiary/aromatic N) is 1. The van der Waals surface area contributed by atoms with E-state index in [1.807, 2.05) is 18.2 Å². The molecule has 1 aromatic carbocycles. The van der Waals surface area contributed by atoms with E-state index in [4.69, 9.17) is 4.42 Å². The highest BCUT2D eigenvalue weighted by atomic mass is 79.9. The molecule has 0 amide bonds. The van der Waals surface area contributed by atoms with Crippen LogP contribution in [0.3, 0.4) is 0 Å². The Kier molecular flexibility index (Phi) is 3.16. The Labute approximate surface area is 109 Å². The van der Waals surface area contributed by atoms with Crippen molar-refractivity contribution in [1.82, 2.24) is 10.3 Å². The van der Waals surface area contributed by atoms with Gasteiger partial charge in [0.15, 0.2) is 5.58 Å². The average molecular weight is 295 g/mol. The lowest BCUT2D eigenvalue weighted by Crippen LogP contribution is -2.25. The molecule has 0 unspecified atom stereocenters. The van der Waals surface area contributed by atoms with Crippen LogP contribution < -0.4 is 5.32 Å². The Hall–Kier alpha value is -0.870. The maximum atomic E-state index is 5.69. The van der Waals surface area contributed by atoms with E-state index in [0.717, 1.165) is 28.0 Å². The first kappa shape index (κ1) is 11.2. The molecule has 1 aromatic heterocycles. The number of oxazole rings is 1. The average Bonchev–Trinajstić information content (AvgIpc) is 2.94. The van der Waals surface area contributed by atoms with Crippen molar-refractivity contribution >= 4 is 27.0 Å². The van der Waals surface area contributed by atoms with Crippen LogP contribution in [0.15, 0.2) is 27.1 Å². The van der Waals surface area contributed by atoms with Gasteiger partial charge in [-0.05, 0) is 31.0 Å². The molecule has 0 aliphatic heterocycles. The van der Waals surface area contributed by atoms with Crippen molar-refractivity contribution in [3.05, 3.63) is 28.6 Å². The van der Waals surface area contributed by atoms with Crippen LogP contribution in [0.5, 0.6) is 0 Å². The van der Waals surface area contributed by atoms with Crippen LogP contribution in [-0.4, -0.2) is 11.0 Å². The summed E-state index contributed by atoms with van der Waals surface area (Å²) >= 11 is 3.44. The molecule has 4 heteroatoms. The maximum absolute atomic E-state index is 5.69. The lowest BCUT2D eigenvalue weighted by Gasteiger charge is -2.08. The number of rotatable bonds is 3. The molecule has 0 saturated heterocycles. The maximum Gasteiger partial charge on any atom is 0.209 e. The van der Waals surface area contributed by atoms with Crippen LogP contribution in [0.1, 0.15) is 31.6 Å². The van der Waals surface area contributed by atoms with Crippen molar-refractivity contribution in [3.8, 4) is 0 Å². The molecule has 0 spiro atoms. The molecule has 0 radical (unpaired) electrons. The van der Waals surface area contributed by atoms with Crippen molar-refractivity contribution in [2.24, 2.45) is 0 Å². The smallest absolute Gasteiger partial charge is 0.209 e. The third-order valence-electron chi connectivity index (χ3n) is 3.29. The Morgan fingerprint density at radius 1 is 1.35 bits per heavy atom. The Morgan fingerprint density at radius 2 is 2.18 bits per heavy atom. The minimum Gasteiger partial charge on any atom is -0.439 e. The summed E-state index contributed by atoms with van der Waals surface area (Å²) in [5, 5.41) is 3.51. The zero-order valence-corrected chi connectivity index (χ0v) is 11.2.